The lowest BCUT2D eigenvalue weighted by molar-refractivity contribution is -0.0492. The first kappa shape index (κ1) is 12.9. The van der Waals surface area contributed by atoms with Gasteiger partial charge in [-0.3, -0.25) is 0 Å². The Kier molecular flexibility index (Phi) is 4.43. The zero-order chi connectivity index (χ0) is 12.1. The van der Waals surface area contributed by atoms with E-state index in [4.69, 9.17) is 16.3 Å². The molecule has 1 aliphatic carbocycles. The number of hydrogen-bond acceptors (Lipinski definition) is 2. The van der Waals surface area contributed by atoms with Crippen LogP contribution in [0.25, 0.3) is 0 Å². The summed E-state index contributed by atoms with van der Waals surface area (Å²) in [4.78, 5) is 0. The van der Waals surface area contributed by atoms with Gasteiger partial charge in [-0.1, -0.05) is 42.6 Å². The van der Waals surface area contributed by atoms with Gasteiger partial charge in [-0.25, -0.2) is 0 Å². The lowest BCUT2D eigenvalue weighted by Crippen LogP contribution is -2.39. The fourth-order valence-corrected chi connectivity index (χ4v) is 2.75. The number of ether oxygens (including phenoxy) is 1. The van der Waals surface area contributed by atoms with Gasteiger partial charge >= 0.3 is 0 Å². The van der Waals surface area contributed by atoms with Crippen LogP contribution in [0.4, 0.5) is 0 Å². The molecule has 1 aromatic rings. The fraction of sp³-hybridized carbons (Fsp3) is 0.571. The molecule has 2 nitrogen and oxygen atoms in total. The van der Waals surface area contributed by atoms with Crippen molar-refractivity contribution in [1.82, 2.24) is 5.32 Å². The highest BCUT2D eigenvalue weighted by Crippen LogP contribution is 2.34. The third kappa shape index (κ3) is 3.21. The van der Waals surface area contributed by atoms with Gasteiger partial charge in [0.1, 0.15) is 0 Å². The molecule has 2 rings (SSSR count). The smallest absolute Gasteiger partial charge is 0.0810 e. The summed E-state index contributed by atoms with van der Waals surface area (Å²) in [5.74, 6) is 0. The number of halogens is 1. The summed E-state index contributed by atoms with van der Waals surface area (Å²) in [6, 6.07) is 7.90. The van der Waals surface area contributed by atoms with Gasteiger partial charge < -0.3 is 10.1 Å². The number of hydrogen-bond donors (Lipinski definition) is 1. The molecular weight excluding hydrogens is 234 g/mol. The molecule has 1 saturated carbocycles. The van der Waals surface area contributed by atoms with Crippen molar-refractivity contribution in [2.75, 3.05) is 13.6 Å². The van der Waals surface area contributed by atoms with Crippen molar-refractivity contribution in [3.05, 3.63) is 34.9 Å². The Bertz CT molecular complexity index is 361. The molecule has 0 aromatic heterocycles. The molecule has 0 atom stereocenters. The van der Waals surface area contributed by atoms with E-state index in [1.165, 1.54) is 12.8 Å². The molecule has 0 spiro atoms. The summed E-state index contributed by atoms with van der Waals surface area (Å²) in [5.41, 5.74) is 1.10. The van der Waals surface area contributed by atoms with E-state index in [-0.39, 0.29) is 5.60 Å². The van der Waals surface area contributed by atoms with Crippen LogP contribution in [0.3, 0.4) is 0 Å². The molecule has 94 valence electrons. The third-order valence-electron chi connectivity index (χ3n) is 3.51. The van der Waals surface area contributed by atoms with Crippen molar-refractivity contribution in [1.29, 1.82) is 0 Å². The van der Waals surface area contributed by atoms with Gasteiger partial charge in [-0.05, 0) is 31.5 Å². The van der Waals surface area contributed by atoms with E-state index in [0.29, 0.717) is 6.61 Å². The summed E-state index contributed by atoms with van der Waals surface area (Å²) in [5, 5.41) is 4.04. The first-order chi connectivity index (χ1) is 8.26. The second kappa shape index (κ2) is 5.85. The summed E-state index contributed by atoms with van der Waals surface area (Å²) in [7, 11) is 1.99. The second-order valence-corrected chi connectivity index (χ2v) is 5.21. The molecule has 1 N–H and O–H groups in total. The SMILES string of the molecule is CNCC1(OCc2ccccc2Cl)CCCC1. The first-order valence-electron chi connectivity index (χ1n) is 6.28. The van der Waals surface area contributed by atoms with Crippen molar-refractivity contribution in [2.45, 2.75) is 37.9 Å². The van der Waals surface area contributed by atoms with Crippen molar-refractivity contribution in [3.8, 4) is 0 Å². The van der Waals surface area contributed by atoms with Crippen molar-refractivity contribution in [3.63, 3.8) is 0 Å². The fourth-order valence-electron chi connectivity index (χ4n) is 2.56. The first-order valence-corrected chi connectivity index (χ1v) is 6.65. The largest absolute Gasteiger partial charge is 0.369 e. The third-order valence-corrected chi connectivity index (χ3v) is 3.87. The Balaban J connectivity index is 1.98. The lowest BCUT2D eigenvalue weighted by atomic mass is 10.0. The Morgan fingerprint density at radius 3 is 2.65 bits per heavy atom. The highest BCUT2D eigenvalue weighted by molar-refractivity contribution is 6.31. The number of rotatable bonds is 5. The summed E-state index contributed by atoms with van der Waals surface area (Å²) in [6.07, 6.45) is 4.84. The van der Waals surface area contributed by atoms with E-state index in [1.54, 1.807) is 0 Å². The van der Waals surface area contributed by atoms with E-state index in [0.717, 1.165) is 30.0 Å². The Morgan fingerprint density at radius 2 is 2.00 bits per heavy atom. The van der Waals surface area contributed by atoms with Gasteiger partial charge in [0.25, 0.3) is 0 Å². The highest BCUT2D eigenvalue weighted by Gasteiger charge is 2.34. The minimum Gasteiger partial charge on any atom is -0.369 e. The van der Waals surface area contributed by atoms with E-state index in [9.17, 15) is 0 Å². The van der Waals surface area contributed by atoms with Crippen LogP contribution in [-0.2, 0) is 11.3 Å². The summed E-state index contributed by atoms with van der Waals surface area (Å²) in [6.45, 7) is 1.54. The van der Waals surface area contributed by atoms with Gasteiger partial charge in [0.2, 0.25) is 0 Å². The molecule has 1 aliphatic rings. The zero-order valence-corrected chi connectivity index (χ0v) is 11.1. The zero-order valence-electron chi connectivity index (χ0n) is 10.3. The molecule has 0 heterocycles. The Labute approximate surface area is 108 Å². The molecule has 1 aromatic carbocycles. The highest BCUT2D eigenvalue weighted by atomic mass is 35.5. The standard InChI is InChI=1S/C14H20ClNO/c1-16-11-14(8-4-5-9-14)17-10-12-6-2-3-7-13(12)15/h2-3,6-7,16H,4-5,8-11H2,1H3. The van der Waals surface area contributed by atoms with Gasteiger partial charge in [0.05, 0.1) is 12.2 Å². The molecule has 0 amide bonds. The van der Waals surface area contributed by atoms with Crippen LogP contribution in [0.5, 0.6) is 0 Å². The van der Waals surface area contributed by atoms with Crippen LogP contribution in [0.1, 0.15) is 31.2 Å². The van der Waals surface area contributed by atoms with Crippen molar-refractivity contribution in [2.24, 2.45) is 0 Å². The Morgan fingerprint density at radius 1 is 1.29 bits per heavy atom. The lowest BCUT2D eigenvalue weighted by Gasteiger charge is -2.29. The molecular formula is C14H20ClNO. The van der Waals surface area contributed by atoms with Crippen molar-refractivity contribution >= 4 is 11.6 Å². The van der Waals surface area contributed by atoms with Crippen LogP contribution in [0.15, 0.2) is 24.3 Å². The van der Waals surface area contributed by atoms with Gasteiger partial charge in [0, 0.05) is 11.6 Å². The molecule has 0 bridgehead atoms. The molecule has 0 saturated heterocycles. The minimum atomic E-state index is 0.0217. The van der Waals surface area contributed by atoms with E-state index in [1.807, 2.05) is 31.3 Å². The van der Waals surface area contributed by atoms with E-state index in [2.05, 4.69) is 5.32 Å². The molecule has 0 aliphatic heterocycles. The number of nitrogens with one attached hydrogen (secondary N) is 1. The van der Waals surface area contributed by atoms with Crippen LogP contribution in [0.2, 0.25) is 5.02 Å². The average molecular weight is 254 g/mol. The van der Waals surface area contributed by atoms with Gasteiger partial charge in [-0.15, -0.1) is 0 Å². The maximum Gasteiger partial charge on any atom is 0.0810 e. The van der Waals surface area contributed by atoms with Gasteiger partial charge in [-0.2, -0.15) is 0 Å². The summed E-state index contributed by atoms with van der Waals surface area (Å²) < 4.78 is 6.15. The normalized spacial score (nSPS) is 18.5. The van der Waals surface area contributed by atoms with Gasteiger partial charge in [0.15, 0.2) is 0 Å². The average Bonchev–Trinajstić information content (AvgIpc) is 2.78. The van der Waals surface area contributed by atoms with Crippen LogP contribution in [0, 0.1) is 0 Å². The molecule has 0 unspecified atom stereocenters. The minimum absolute atomic E-state index is 0.0217. The maximum atomic E-state index is 6.15. The maximum absolute atomic E-state index is 6.15. The van der Waals surface area contributed by atoms with Crippen LogP contribution in [-0.4, -0.2) is 19.2 Å². The molecule has 0 radical (unpaired) electrons. The predicted molar refractivity (Wildman–Crippen MR) is 71.4 cm³/mol. The monoisotopic (exact) mass is 253 g/mol. The second-order valence-electron chi connectivity index (χ2n) is 4.80. The predicted octanol–water partition coefficient (Wildman–Crippen LogP) is 3.39. The molecule has 17 heavy (non-hydrogen) atoms. The molecule has 1 fully saturated rings. The van der Waals surface area contributed by atoms with E-state index >= 15 is 0 Å². The Hall–Kier alpha value is -0.570. The summed E-state index contributed by atoms with van der Waals surface area (Å²) >= 11 is 6.14. The molecule has 3 heteroatoms. The topological polar surface area (TPSA) is 21.3 Å². The quantitative estimate of drug-likeness (QED) is 0.869. The number of likely N-dealkylation sites (N-methyl/N-ethyl adjacent to an activating group) is 1. The van der Waals surface area contributed by atoms with Crippen molar-refractivity contribution < 1.29 is 4.74 Å². The van der Waals surface area contributed by atoms with Crippen LogP contribution < -0.4 is 5.32 Å². The van der Waals surface area contributed by atoms with Crippen LogP contribution >= 0.6 is 11.6 Å². The number of benzene rings is 1. The van der Waals surface area contributed by atoms with E-state index < -0.39 is 0 Å².